The molecule has 2 aliphatic rings. The minimum atomic E-state index is -5.15. The van der Waals surface area contributed by atoms with Crippen molar-refractivity contribution in [2.75, 3.05) is 13.2 Å². The minimum Gasteiger partial charge on any atom is -0.493 e. The summed E-state index contributed by atoms with van der Waals surface area (Å²) in [6.07, 6.45) is 6.88. The van der Waals surface area contributed by atoms with Crippen molar-refractivity contribution in [3.05, 3.63) is 58.7 Å². The Morgan fingerprint density at radius 1 is 0.977 bits per heavy atom. The molecule has 1 fully saturated rings. The predicted molar refractivity (Wildman–Crippen MR) is 158 cm³/mol. The lowest BCUT2D eigenvalue weighted by Crippen LogP contribution is -2.43. The smallest absolute Gasteiger partial charge is 0.345 e. The number of nitrogens with one attached hydrogen (secondary N) is 1. The van der Waals surface area contributed by atoms with Crippen LogP contribution in [0.4, 0.5) is 0 Å². The maximum Gasteiger partial charge on any atom is 0.345 e. The highest BCUT2D eigenvalue weighted by Gasteiger charge is 2.44. The molecule has 1 saturated carbocycles. The van der Waals surface area contributed by atoms with Gasteiger partial charge in [0.25, 0.3) is 5.91 Å². The summed E-state index contributed by atoms with van der Waals surface area (Å²) in [5.74, 6) is 0.112. The average molecular weight is 640 g/mol. The molecule has 0 aromatic heterocycles. The molecule has 2 amide bonds. The summed E-state index contributed by atoms with van der Waals surface area (Å²) >= 11 is 0. The van der Waals surface area contributed by atoms with E-state index in [0.29, 0.717) is 54.6 Å². The topological polar surface area (TPSA) is 232 Å². The third-order valence-electron chi connectivity index (χ3n) is 7.87. The van der Waals surface area contributed by atoms with E-state index in [-0.39, 0.29) is 17.5 Å². The van der Waals surface area contributed by atoms with Gasteiger partial charge in [-0.3, -0.25) is 18.7 Å². The molecule has 0 radical (unpaired) electrons. The highest BCUT2D eigenvalue weighted by atomic mass is 31.2. The first-order chi connectivity index (χ1) is 20.2. The Morgan fingerprint density at radius 2 is 1.63 bits per heavy atom. The van der Waals surface area contributed by atoms with Gasteiger partial charge in [0.05, 0.1) is 30.9 Å². The molecule has 13 nitrogen and oxygen atoms in total. The van der Waals surface area contributed by atoms with Crippen molar-refractivity contribution in [3.8, 4) is 11.5 Å². The van der Waals surface area contributed by atoms with Crippen molar-refractivity contribution in [3.63, 3.8) is 0 Å². The monoisotopic (exact) mass is 639 g/mol. The Kier molecular flexibility index (Phi) is 10.7. The van der Waals surface area contributed by atoms with Gasteiger partial charge >= 0.3 is 15.2 Å². The average Bonchev–Trinajstić information content (AvgIpc) is 3.12. The van der Waals surface area contributed by atoms with Crippen LogP contribution in [-0.2, 0) is 20.3 Å². The number of rotatable bonds is 11. The van der Waals surface area contributed by atoms with Crippen molar-refractivity contribution in [2.24, 2.45) is 17.4 Å². The van der Waals surface area contributed by atoms with Crippen LogP contribution in [0.2, 0.25) is 0 Å². The number of carbonyl (C=O) groups excluding carboxylic acids is 2. The van der Waals surface area contributed by atoms with Crippen molar-refractivity contribution >= 4 is 27.0 Å². The van der Waals surface area contributed by atoms with Crippen molar-refractivity contribution in [2.45, 2.75) is 68.9 Å². The number of carbonyl (C=O) groups is 2. The Bertz CT molecular complexity index is 1380. The number of amides is 2. The summed E-state index contributed by atoms with van der Waals surface area (Å²) in [7, 11) is -10.3. The SMILES string of the molecule is NC(=O)c1cc2c(cc1OCC1CCCCC1)OCCC[C@@H]2NC(=O)[C@@H](N)Cc1ccc(C(P(=O)(O)O)P(=O)(O)O)cc1. The first-order valence-electron chi connectivity index (χ1n) is 14.2. The van der Waals surface area contributed by atoms with Gasteiger partial charge < -0.3 is 45.8 Å². The van der Waals surface area contributed by atoms with Crippen LogP contribution in [0.15, 0.2) is 36.4 Å². The van der Waals surface area contributed by atoms with E-state index in [1.54, 1.807) is 12.1 Å². The molecular formula is C28H39N3O10P2. The number of benzene rings is 2. The van der Waals surface area contributed by atoms with Gasteiger partial charge in [-0.2, -0.15) is 0 Å². The van der Waals surface area contributed by atoms with Crippen LogP contribution < -0.4 is 26.3 Å². The van der Waals surface area contributed by atoms with Gasteiger partial charge in [0.1, 0.15) is 11.5 Å². The molecule has 2 atom stereocenters. The van der Waals surface area contributed by atoms with E-state index in [4.69, 9.17) is 20.9 Å². The Labute approximate surface area is 249 Å². The molecular weight excluding hydrogens is 600 g/mol. The summed E-state index contributed by atoms with van der Waals surface area (Å²) in [6.45, 7) is 0.883. The molecule has 4 rings (SSSR count). The Balaban J connectivity index is 1.47. The van der Waals surface area contributed by atoms with Gasteiger partial charge in [-0.05, 0) is 55.2 Å². The molecule has 9 N–H and O–H groups in total. The van der Waals surface area contributed by atoms with Crippen LogP contribution in [0.3, 0.4) is 0 Å². The zero-order valence-corrected chi connectivity index (χ0v) is 25.4. The first-order valence-corrected chi connectivity index (χ1v) is 17.6. The van der Waals surface area contributed by atoms with Gasteiger partial charge in [-0.15, -0.1) is 0 Å². The van der Waals surface area contributed by atoms with Gasteiger partial charge in [-0.1, -0.05) is 43.5 Å². The molecule has 0 spiro atoms. The maximum absolute atomic E-state index is 13.1. The van der Waals surface area contributed by atoms with Crippen LogP contribution in [-0.4, -0.2) is 50.6 Å². The molecule has 2 aromatic carbocycles. The van der Waals surface area contributed by atoms with E-state index in [1.165, 1.54) is 30.7 Å². The number of hydrogen-bond donors (Lipinski definition) is 7. The third-order valence-corrected chi connectivity index (χ3v) is 11.5. The molecule has 43 heavy (non-hydrogen) atoms. The standard InChI is InChI=1S/C28H39N3O10P2/c29-22(13-17-8-10-19(11-9-17)28(42(34,35)36)43(37,38)39)27(33)31-23-7-4-12-40-24-15-25(21(26(30)32)14-20(23)24)41-16-18-5-2-1-3-6-18/h8-11,14-15,18,22-23,28H,1-7,12-13,16,29H2,(H2,30,32)(H,31,33)(H2,34,35,36)(H2,37,38,39)/t22-,23-/m0/s1. The molecule has 15 heteroatoms. The number of fused-ring (bicyclic) bond motifs is 1. The second-order valence-electron chi connectivity index (χ2n) is 11.2. The van der Waals surface area contributed by atoms with Gasteiger partial charge in [0, 0.05) is 11.6 Å². The lowest BCUT2D eigenvalue weighted by atomic mass is 9.90. The van der Waals surface area contributed by atoms with Crippen molar-refractivity contribution in [1.29, 1.82) is 0 Å². The normalized spacial score (nSPS) is 18.7. The quantitative estimate of drug-likeness (QED) is 0.177. The van der Waals surface area contributed by atoms with E-state index in [1.807, 2.05) is 0 Å². The lowest BCUT2D eigenvalue weighted by Gasteiger charge is -2.24. The van der Waals surface area contributed by atoms with Crippen molar-refractivity contribution in [1.82, 2.24) is 5.32 Å². The highest BCUT2D eigenvalue weighted by molar-refractivity contribution is 7.70. The van der Waals surface area contributed by atoms with E-state index in [2.05, 4.69) is 5.32 Å². The van der Waals surface area contributed by atoms with Gasteiger partial charge in [-0.25, -0.2) is 0 Å². The predicted octanol–water partition coefficient (Wildman–Crippen LogP) is 3.00. The van der Waals surface area contributed by atoms with Crippen LogP contribution in [0, 0.1) is 5.92 Å². The number of nitrogens with two attached hydrogens (primary N) is 2. The van der Waals surface area contributed by atoms with Crippen LogP contribution in [0.1, 0.15) is 83.4 Å². The molecule has 0 bridgehead atoms. The first kappa shape index (κ1) is 33.1. The molecule has 1 heterocycles. The molecule has 1 aliphatic heterocycles. The largest absolute Gasteiger partial charge is 0.493 e. The fourth-order valence-electron chi connectivity index (χ4n) is 5.66. The fourth-order valence-corrected chi connectivity index (χ4v) is 8.35. The lowest BCUT2D eigenvalue weighted by molar-refractivity contribution is -0.123. The molecule has 0 unspecified atom stereocenters. The Hall–Kier alpha value is -2.76. The van der Waals surface area contributed by atoms with E-state index in [9.17, 15) is 38.3 Å². The zero-order chi connectivity index (χ0) is 31.4. The summed E-state index contributed by atoms with van der Waals surface area (Å²) in [5, 5.41) is 0.646. The molecule has 236 valence electrons. The number of primary amides is 1. The van der Waals surface area contributed by atoms with Gasteiger partial charge in [0.2, 0.25) is 5.91 Å². The third kappa shape index (κ3) is 8.67. The maximum atomic E-state index is 13.1. The second-order valence-corrected chi connectivity index (χ2v) is 15.0. The van der Waals surface area contributed by atoms with E-state index < -0.39 is 44.5 Å². The van der Waals surface area contributed by atoms with E-state index in [0.717, 1.165) is 25.7 Å². The molecule has 1 aliphatic carbocycles. The highest BCUT2D eigenvalue weighted by Crippen LogP contribution is 2.69. The molecule has 0 saturated heterocycles. The number of hydrogen-bond acceptors (Lipinski definition) is 7. The summed E-state index contributed by atoms with van der Waals surface area (Å²) in [6, 6.07) is 6.93. The fraction of sp³-hybridized carbons (Fsp3) is 0.500. The van der Waals surface area contributed by atoms with Crippen LogP contribution >= 0.6 is 15.2 Å². The second kappa shape index (κ2) is 13.9. The van der Waals surface area contributed by atoms with Gasteiger partial charge in [0.15, 0.2) is 5.40 Å². The van der Waals surface area contributed by atoms with Crippen LogP contribution in [0.25, 0.3) is 0 Å². The Morgan fingerprint density at radius 3 is 2.23 bits per heavy atom. The summed E-state index contributed by atoms with van der Waals surface area (Å²) in [5.41, 5.74) is 13.0. The van der Waals surface area contributed by atoms with Crippen LogP contribution in [0.5, 0.6) is 11.5 Å². The minimum absolute atomic E-state index is 0.0408. The van der Waals surface area contributed by atoms with E-state index >= 15 is 0 Å². The zero-order valence-electron chi connectivity index (χ0n) is 23.6. The van der Waals surface area contributed by atoms with Crippen molar-refractivity contribution < 1.29 is 47.8 Å². The number of ether oxygens (including phenoxy) is 2. The summed E-state index contributed by atoms with van der Waals surface area (Å²) < 4.78 is 35.4. The molecule has 2 aromatic rings. The summed E-state index contributed by atoms with van der Waals surface area (Å²) in [4.78, 5) is 63.3.